The third-order valence-electron chi connectivity index (χ3n) is 5.21. The molecule has 1 aliphatic rings. The number of carbonyl (C=O) groups excluding carboxylic acids is 1. The Bertz CT molecular complexity index is 1310. The summed E-state index contributed by atoms with van der Waals surface area (Å²) in [5.74, 6) is -1.32. The number of hydrogen-bond acceptors (Lipinski definition) is 9. The Balaban J connectivity index is 1.82. The minimum absolute atomic E-state index is 0.0172. The lowest BCUT2D eigenvalue weighted by Crippen LogP contribution is -2.36. The van der Waals surface area contributed by atoms with Gasteiger partial charge >= 0.3 is 19.4 Å². The number of ether oxygens (including phenoxy) is 2. The molecule has 1 aromatic carbocycles. The number of methoxy groups -OCH3 is 1. The molecule has 1 fully saturated rings. The first kappa shape index (κ1) is 27.1. The molecule has 3 rings (SSSR count). The standard InChI is InChI=1S/C20H24FN6O8P/c1-11-9-27(20(30)23-18(11)28)17-8-15(24-26-22)16(34-17)10-33-36(31,25-12(2)19(29)32-3)35-14-6-4-13(21)5-7-14/h4-7,9,12,15-17H,8,10H2,1-3H3,(H,25,31)(H,23,28,30). The Hall–Kier alpha value is -3.48. The van der Waals surface area contributed by atoms with Crippen LogP contribution in [0.3, 0.4) is 0 Å². The number of halogens is 1. The highest BCUT2D eigenvalue weighted by Gasteiger charge is 2.40. The van der Waals surface area contributed by atoms with Crippen molar-refractivity contribution in [3.05, 3.63) is 73.1 Å². The molecule has 2 heterocycles. The smallest absolute Gasteiger partial charge is 0.459 e. The Labute approximate surface area is 203 Å². The molecule has 5 atom stereocenters. The van der Waals surface area contributed by atoms with Gasteiger partial charge in [0.15, 0.2) is 0 Å². The van der Waals surface area contributed by atoms with Crippen molar-refractivity contribution in [2.45, 2.75) is 44.7 Å². The summed E-state index contributed by atoms with van der Waals surface area (Å²) in [4.78, 5) is 40.7. The fourth-order valence-electron chi connectivity index (χ4n) is 3.39. The van der Waals surface area contributed by atoms with Crippen LogP contribution in [0.1, 0.15) is 25.1 Å². The van der Waals surface area contributed by atoms with E-state index < -0.39 is 61.8 Å². The van der Waals surface area contributed by atoms with Gasteiger partial charge in [-0.1, -0.05) is 5.11 Å². The molecular weight excluding hydrogens is 502 g/mol. The monoisotopic (exact) mass is 526 g/mol. The van der Waals surface area contributed by atoms with Gasteiger partial charge in [-0.25, -0.2) is 13.8 Å². The van der Waals surface area contributed by atoms with Crippen molar-refractivity contribution in [1.29, 1.82) is 0 Å². The van der Waals surface area contributed by atoms with Crippen LogP contribution in [-0.4, -0.2) is 47.4 Å². The van der Waals surface area contributed by atoms with E-state index in [9.17, 15) is 23.3 Å². The van der Waals surface area contributed by atoms with Crippen molar-refractivity contribution < 1.29 is 32.3 Å². The summed E-state index contributed by atoms with van der Waals surface area (Å²) in [5.41, 5.74) is 7.94. The van der Waals surface area contributed by atoms with Crippen LogP contribution in [0.5, 0.6) is 5.75 Å². The van der Waals surface area contributed by atoms with Crippen molar-refractivity contribution in [1.82, 2.24) is 14.6 Å². The zero-order chi connectivity index (χ0) is 26.5. The van der Waals surface area contributed by atoms with Gasteiger partial charge in [-0.2, -0.15) is 5.09 Å². The SMILES string of the molecule is COC(=O)C(C)NP(=O)(OCC1OC(n2cc(C)c(=O)[nH]c2=O)CC1N=[N+]=[N-])Oc1ccc(F)cc1. The largest absolute Gasteiger partial charge is 0.468 e. The number of hydrogen-bond donors (Lipinski definition) is 2. The van der Waals surface area contributed by atoms with Crippen LogP contribution < -0.4 is 20.9 Å². The summed E-state index contributed by atoms with van der Waals surface area (Å²) in [6.45, 7) is 2.43. The number of carbonyl (C=O) groups is 1. The maximum absolute atomic E-state index is 13.5. The number of H-pyrrole nitrogens is 1. The molecule has 2 aromatic rings. The number of aromatic amines is 1. The minimum Gasteiger partial charge on any atom is -0.468 e. The average Bonchev–Trinajstić information content (AvgIpc) is 3.23. The maximum Gasteiger partial charge on any atom is 0.459 e. The van der Waals surface area contributed by atoms with Crippen molar-refractivity contribution >= 4 is 13.7 Å². The second kappa shape index (κ2) is 11.5. The van der Waals surface area contributed by atoms with Crippen LogP contribution in [0.15, 0.2) is 45.2 Å². The molecule has 0 amide bonds. The highest BCUT2D eigenvalue weighted by atomic mass is 31.2. The number of aryl methyl sites for hydroxylation is 1. The van der Waals surface area contributed by atoms with Crippen LogP contribution in [-0.2, 0) is 23.4 Å². The number of esters is 1. The molecule has 1 aliphatic heterocycles. The lowest BCUT2D eigenvalue weighted by atomic mass is 10.1. The van der Waals surface area contributed by atoms with Crippen molar-refractivity contribution in [2.75, 3.05) is 13.7 Å². The second-order valence-electron chi connectivity index (χ2n) is 7.83. The first-order valence-electron chi connectivity index (χ1n) is 10.6. The third kappa shape index (κ3) is 6.59. The molecule has 1 aromatic heterocycles. The van der Waals surface area contributed by atoms with Gasteiger partial charge in [-0.3, -0.25) is 23.7 Å². The summed E-state index contributed by atoms with van der Waals surface area (Å²) in [6, 6.07) is 2.63. The van der Waals surface area contributed by atoms with E-state index in [4.69, 9.17) is 19.3 Å². The molecule has 0 aliphatic carbocycles. The molecule has 2 N–H and O–H groups in total. The highest BCUT2D eigenvalue weighted by Crippen LogP contribution is 2.46. The summed E-state index contributed by atoms with van der Waals surface area (Å²) in [5, 5.41) is 6.10. The van der Waals surface area contributed by atoms with Gasteiger partial charge in [0.25, 0.3) is 5.56 Å². The predicted molar refractivity (Wildman–Crippen MR) is 123 cm³/mol. The molecule has 0 saturated carbocycles. The number of nitrogens with zero attached hydrogens (tertiary/aromatic N) is 4. The third-order valence-corrected chi connectivity index (χ3v) is 6.86. The molecule has 194 valence electrons. The van der Waals surface area contributed by atoms with Crippen LogP contribution in [0.4, 0.5) is 4.39 Å². The van der Waals surface area contributed by atoms with Crippen LogP contribution >= 0.6 is 7.75 Å². The number of nitrogens with one attached hydrogen (secondary N) is 2. The zero-order valence-electron chi connectivity index (χ0n) is 19.5. The maximum atomic E-state index is 13.5. The zero-order valence-corrected chi connectivity index (χ0v) is 20.4. The summed E-state index contributed by atoms with van der Waals surface area (Å²) in [7, 11) is -3.15. The van der Waals surface area contributed by atoms with E-state index in [0.29, 0.717) is 0 Å². The van der Waals surface area contributed by atoms with Crippen LogP contribution in [0, 0.1) is 12.7 Å². The van der Waals surface area contributed by atoms with E-state index >= 15 is 0 Å². The van der Waals surface area contributed by atoms with Crippen molar-refractivity contribution in [2.24, 2.45) is 5.11 Å². The van der Waals surface area contributed by atoms with Gasteiger partial charge in [0, 0.05) is 23.1 Å². The number of rotatable bonds is 10. The van der Waals surface area contributed by atoms with Gasteiger partial charge in [0.1, 0.15) is 23.8 Å². The quantitative estimate of drug-likeness (QED) is 0.154. The topological polar surface area (TPSA) is 187 Å². The molecule has 36 heavy (non-hydrogen) atoms. The number of benzene rings is 1. The van der Waals surface area contributed by atoms with Gasteiger partial charge in [0.05, 0.1) is 25.9 Å². The first-order chi connectivity index (χ1) is 17.0. The molecule has 16 heteroatoms. The van der Waals surface area contributed by atoms with E-state index in [1.165, 1.54) is 32.2 Å². The minimum atomic E-state index is -4.30. The Morgan fingerprint density at radius 1 is 1.42 bits per heavy atom. The molecule has 0 radical (unpaired) electrons. The van der Waals surface area contributed by atoms with E-state index in [1.807, 2.05) is 0 Å². The van der Waals surface area contributed by atoms with Crippen LogP contribution in [0.2, 0.25) is 0 Å². The van der Waals surface area contributed by atoms with E-state index in [0.717, 1.165) is 23.8 Å². The number of azide groups is 1. The molecule has 1 saturated heterocycles. The summed E-state index contributed by atoms with van der Waals surface area (Å²) < 4.78 is 49.3. The van der Waals surface area contributed by atoms with E-state index in [-0.39, 0.29) is 17.7 Å². The molecule has 0 spiro atoms. The van der Waals surface area contributed by atoms with Gasteiger partial charge in [-0.05, 0) is 43.6 Å². The lowest BCUT2D eigenvalue weighted by Gasteiger charge is -2.24. The molecule has 14 nitrogen and oxygen atoms in total. The lowest BCUT2D eigenvalue weighted by molar-refractivity contribution is -0.142. The van der Waals surface area contributed by atoms with Gasteiger partial charge in [0.2, 0.25) is 0 Å². The molecule has 0 bridgehead atoms. The summed E-state index contributed by atoms with van der Waals surface area (Å²) >= 11 is 0. The first-order valence-corrected chi connectivity index (χ1v) is 12.2. The Morgan fingerprint density at radius 3 is 2.75 bits per heavy atom. The predicted octanol–water partition coefficient (Wildman–Crippen LogP) is 2.31. The molecule has 5 unspecified atom stereocenters. The number of aromatic nitrogens is 2. The summed E-state index contributed by atoms with van der Waals surface area (Å²) in [6.07, 6.45) is -0.537. The fraction of sp³-hybridized carbons (Fsp3) is 0.450. The van der Waals surface area contributed by atoms with Crippen molar-refractivity contribution in [3.63, 3.8) is 0 Å². The second-order valence-corrected chi connectivity index (χ2v) is 9.52. The van der Waals surface area contributed by atoms with Crippen molar-refractivity contribution in [3.8, 4) is 5.75 Å². The molecular formula is C20H24FN6O8P. The Morgan fingerprint density at radius 2 is 2.11 bits per heavy atom. The fourth-order valence-corrected chi connectivity index (χ4v) is 4.89. The van der Waals surface area contributed by atoms with E-state index in [2.05, 4.69) is 24.8 Å². The highest BCUT2D eigenvalue weighted by molar-refractivity contribution is 7.52. The van der Waals surface area contributed by atoms with E-state index in [1.54, 1.807) is 0 Å². The van der Waals surface area contributed by atoms with Gasteiger partial charge < -0.3 is 14.0 Å². The Kier molecular flexibility index (Phi) is 8.66. The normalized spacial score (nSPS) is 21.7. The average molecular weight is 526 g/mol. The van der Waals surface area contributed by atoms with Crippen LogP contribution in [0.25, 0.3) is 10.4 Å². The van der Waals surface area contributed by atoms with Gasteiger partial charge in [-0.15, -0.1) is 0 Å².